The number of hydrogen-bond donors (Lipinski definition) is 1. The van der Waals surface area contributed by atoms with Gasteiger partial charge in [-0.05, 0) is 64.2 Å². The number of halogens is 5. The van der Waals surface area contributed by atoms with Crippen molar-refractivity contribution in [2.24, 2.45) is 0 Å². The van der Waals surface area contributed by atoms with Gasteiger partial charge in [-0.2, -0.15) is 13.2 Å². The topological polar surface area (TPSA) is 78.4 Å². The van der Waals surface area contributed by atoms with Gasteiger partial charge in [0.25, 0.3) is 0 Å². The first-order chi connectivity index (χ1) is 19.4. The quantitative estimate of drug-likeness (QED) is 0.315. The Balaban J connectivity index is 1.59. The number of fused-ring (bicyclic) bond motifs is 2. The van der Waals surface area contributed by atoms with E-state index in [0.29, 0.717) is 48.3 Å². The van der Waals surface area contributed by atoms with Crippen LogP contribution in [0.4, 0.5) is 33.5 Å². The molecule has 2 aromatic carbocycles. The minimum absolute atomic E-state index is 0.0242. The van der Waals surface area contributed by atoms with E-state index in [1.807, 2.05) is 11.9 Å². The number of rotatable bonds is 6. The predicted octanol–water partition coefficient (Wildman–Crippen LogP) is 5.39. The number of benzene rings is 2. The Bertz CT molecular complexity index is 1510. The number of amides is 1. The monoisotopic (exact) mass is 573 g/mol. The molecular weight excluding hydrogens is 545 g/mol. The van der Waals surface area contributed by atoms with Gasteiger partial charge in [-0.25, -0.2) is 18.7 Å². The maximum Gasteiger partial charge on any atom is 0.419 e. The van der Waals surface area contributed by atoms with Gasteiger partial charge in [0.2, 0.25) is 5.91 Å². The van der Waals surface area contributed by atoms with E-state index in [9.17, 15) is 31.5 Å². The summed E-state index contributed by atoms with van der Waals surface area (Å²) in [5, 5.41) is 3.09. The fourth-order valence-electron chi connectivity index (χ4n) is 5.72. The first-order valence-corrected chi connectivity index (χ1v) is 13.1. The number of alkyl halides is 4. The van der Waals surface area contributed by atoms with E-state index in [2.05, 4.69) is 15.3 Å². The van der Waals surface area contributed by atoms with E-state index in [4.69, 9.17) is 0 Å². The van der Waals surface area contributed by atoms with Crippen LogP contribution >= 0.6 is 0 Å². The molecule has 3 aromatic rings. The number of carbonyl (C=O) groups is 2. The molecule has 0 saturated carbocycles. The van der Waals surface area contributed by atoms with E-state index >= 15 is 0 Å². The molecule has 2 aliphatic rings. The van der Waals surface area contributed by atoms with Crippen molar-refractivity contribution in [1.82, 2.24) is 14.9 Å². The zero-order valence-electron chi connectivity index (χ0n) is 22.6. The Morgan fingerprint density at radius 1 is 1.15 bits per heavy atom. The smallest absolute Gasteiger partial charge is 0.363 e. The Labute approximate surface area is 233 Å². The number of hydrogen-bond acceptors (Lipinski definition) is 6. The van der Waals surface area contributed by atoms with Gasteiger partial charge in [0, 0.05) is 28.9 Å². The Hall–Kier alpha value is -3.93. The summed E-state index contributed by atoms with van der Waals surface area (Å²) in [6.07, 6.45) is -4.38. The molecular formula is C29H28F5N5O2. The van der Waals surface area contributed by atoms with Crippen LogP contribution in [0.15, 0.2) is 42.5 Å². The van der Waals surface area contributed by atoms with Crippen molar-refractivity contribution < 1.29 is 31.5 Å². The van der Waals surface area contributed by atoms with Crippen molar-refractivity contribution in [2.45, 2.75) is 44.4 Å². The van der Waals surface area contributed by atoms with Crippen molar-refractivity contribution in [3.8, 4) is 0 Å². The van der Waals surface area contributed by atoms with Crippen LogP contribution in [0.2, 0.25) is 0 Å². The fourth-order valence-corrected chi connectivity index (χ4v) is 5.72. The van der Waals surface area contributed by atoms with Crippen LogP contribution in [0.25, 0.3) is 0 Å². The fraction of sp³-hybridized carbons (Fsp3) is 0.379. The number of carbonyl (C=O) groups excluding carboxylic acids is 2. The summed E-state index contributed by atoms with van der Waals surface area (Å²) in [5.74, 6) is -1.60. The molecule has 5 rings (SSSR count). The predicted molar refractivity (Wildman–Crippen MR) is 142 cm³/mol. The number of aromatic nitrogens is 2. The highest BCUT2D eigenvalue weighted by Gasteiger charge is 2.53. The SMILES string of the molecule is Cc1nc(N[C@H](C)c2cccc(C(F)(F)F)c2F)c2c(n1)C1(CCN(C)C1)C(=O)N(c1ccc(C(=O)CF)cc1)C2. The number of aryl methyl sites for hydroxylation is 1. The highest BCUT2D eigenvalue weighted by Crippen LogP contribution is 2.44. The van der Waals surface area contributed by atoms with Crippen LogP contribution in [0.1, 0.15) is 58.0 Å². The number of anilines is 2. The van der Waals surface area contributed by atoms with E-state index in [1.165, 1.54) is 25.1 Å². The second kappa shape index (κ2) is 10.5. The molecule has 41 heavy (non-hydrogen) atoms. The molecule has 1 spiro atoms. The van der Waals surface area contributed by atoms with Crippen LogP contribution in [-0.4, -0.2) is 53.4 Å². The van der Waals surface area contributed by atoms with Gasteiger partial charge in [-0.15, -0.1) is 0 Å². The van der Waals surface area contributed by atoms with Gasteiger partial charge >= 0.3 is 6.18 Å². The number of likely N-dealkylation sites (N-methyl/N-ethyl adjacent to an activating group) is 1. The third-order valence-corrected chi connectivity index (χ3v) is 7.78. The van der Waals surface area contributed by atoms with Crippen LogP contribution in [0.3, 0.4) is 0 Å². The lowest BCUT2D eigenvalue weighted by atomic mass is 9.76. The van der Waals surface area contributed by atoms with Crippen LogP contribution in [0, 0.1) is 12.7 Å². The molecule has 1 amide bonds. The van der Waals surface area contributed by atoms with Gasteiger partial charge in [0.1, 0.15) is 22.9 Å². The third kappa shape index (κ3) is 5.05. The molecule has 3 heterocycles. The van der Waals surface area contributed by atoms with E-state index in [0.717, 1.165) is 6.07 Å². The summed E-state index contributed by atoms with van der Waals surface area (Å²) in [6.45, 7) is 3.08. The lowest BCUT2D eigenvalue weighted by molar-refractivity contribution is -0.140. The number of likely N-dealkylation sites (tertiary alicyclic amines) is 1. The maximum atomic E-state index is 15.0. The highest BCUT2D eigenvalue weighted by molar-refractivity contribution is 6.04. The summed E-state index contributed by atoms with van der Waals surface area (Å²) in [4.78, 5) is 38.7. The lowest BCUT2D eigenvalue weighted by Crippen LogP contribution is -2.53. The van der Waals surface area contributed by atoms with Crippen molar-refractivity contribution in [3.05, 3.63) is 82.1 Å². The van der Waals surface area contributed by atoms with Crippen molar-refractivity contribution >= 4 is 23.2 Å². The van der Waals surface area contributed by atoms with E-state index < -0.39 is 41.5 Å². The third-order valence-electron chi connectivity index (χ3n) is 7.78. The number of nitrogens with one attached hydrogen (secondary N) is 1. The summed E-state index contributed by atoms with van der Waals surface area (Å²) in [7, 11) is 1.89. The van der Waals surface area contributed by atoms with Gasteiger partial charge in [0.05, 0.1) is 23.8 Å². The standard InChI is InChI=1S/C29H28F5N5O2/c1-16(20-5-4-6-22(24(20)31)29(32,33)34)35-26-21-14-39(19-9-7-18(8-10-19)23(40)13-30)27(41)28(11-12-38(3)15-28)25(21)36-17(2)37-26/h4-10,16H,11-15H2,1-3H3,(H,35,36,37)/t16-,28?/m1/s1. The van der Waals surface area contributed by atoms with Crippen LogP contribution in [0.5, 0.6) is 0 Å². The van der Waals surface area contributed by atoms with E-state index in [1.54, 1.807) is 24.0 Å². The summed E-state index contributed by atoms with van der Waals surface area (Å²) >= 11 is 0. The Morgan fingerprint density at radius 2 is 1.85 bits per heavy atom. The molecule has 1 fully saturated rings. The van der Waals surface area contributed by atoms with Crippen LogP contribution in [-0.2, 0) is 22.9 Å². The highest BCUT2D eigenvalue weighted by atomic mass is 19.4. The molecule has 2 aliphatic heterocycles. The number of nitrogens with zero attached hydrogens (tertiary/aromatic N) is 4. The van der Waals surface area contributed by atoms with Gasteiger partial charge in [-0.1, -0.05) is 12.1 Å². The summed E-state index contributed by atoms with van der Waals surface area (Å²) in [6, 6.07) is 8.27. The number of ketones is 1. The molecule has 0 radical (unpaired) electrons. The molecule has 1 aromatic heterocycles. The molecule has 1 N–H and O–H groups in total. The molecule has 0 aliphatic carbocycles. The normalized spacial score (nSPS) is 19.9. The summed E-state index contributed by atoms with van der Waals surface area (Å²) in [5.41, 5.74) is -0.818. The molecule has 1 unspecified atom stereocenters. The summed E-state index contributed by atoms with van der Waals surface area (Å²) < 4.78 is 68.0. The Morgan fingerprint density at radius 3 is 2.46 bits per heavy atom. The first-order valence-electron chi connectivity index (χ1n) is 13.1. The lowest BCUT2D eigenvalue weighted by Gasteiger charge is -2.41. The Kier molecular flexibility index (Phi) is 7.31. The largest absolute Gasteiger partial charge is 0.419 e. The second-order valence-corrected chi connectivity index (χ2v) is 10.6. The van der Waals surface area contributed by atoms with Crippen molar-refractivity contribution in [1.29, 1.82) is 0 Å². The molecule has 0 bridgehead atoms. The van der Waals surface area contributed by atoms with Crippen molar-refractivity contribution in [2.75, 3.05) is 37.0 Å². The average molecular weight is 574 g/mol. The second-order valence-electron chi connectivity index (χ2n) is 10.6. The minimum Gasteiger partial charge on any atom is -0.363 e. The van der Waals surface area contributed by atoms with Gasteiger partial charge < -0.3 is 15.1 Å². The van der Waals surface area contributed by atoms with Crippen LogP contribution < -0.4 is 10.2 Å². The zero-order chi connectivity index (χ0) is 29.7. The van der Waals surface area contributed by atoms with Crippen molar-refractivity contribution in [3.63, 3.8) is 0 Å². The zero-order valence-corrected chi connectivity index (χ0v) is 22.6. The minimum atomic E-state index is -4.85. The number of Topliss-reactive ketones (excluding diaryl/α,β-unsaturated/α-hetero) is 1. The molecule has 7 nitrogen and oxygen atoms in total. The average Bonchev–Trinajstić information content (AvgIpc) is 3.32. The molecule has 1 saturated heterocycles. The molecule has 2 atom stereocenters. The maximum absolute atomic E-state index is 15.0. The van der Waals surface area contributed by atoms with Gasteiger partial charge in [-0.3, -0.25) is 9.59 Å². The molecule has 12 heteroatoms. The first kappa shape index (κ1) is 28.6. The van der Waals surface area contributed by atoms with E-state index in [-0.39, 0.29) is 29.4 Å². The molecule has 216 valence electrons. The van der Waals surface area contributed by atoms with Gasteiger partial charge in [0.15, 0.2) is 12.5 Å².